The summed E-state index contributed by atoms with van der Waals surface area (Å²) in [4.78, 5) is 13.3. The van der Waals surface area contributed by atoms with Gasteiger partial charge in [0.25, 0.3) is 0 Å². The summed E-state index contributed by atoms with van der Waals surface area (Å²) in [6.45, 7) is 1.67. The second-order valence-electron chi connectivity index (χ2n) is 4.97. The monoisotopic (exact) mass is 299 g/mol. The van der Waals surface area contributed by atoms with Crippen LogP contribution in [-0.4, -0.2) is 35.4 Å². The second kappa shape index (κ2) is 6.33. The minimum Gasteiger partial charge on any atom is -0.480 e. The maximum Gasteiger partial charge on any atom is 0.320 e. The average molecular weight is 300 g/mol. The van der Waals surface area contributed by atoms with Crippen molar-refractivity contribution in [2.24, 2.45) is 0 Å². The molecular weight excluding hydrogens is 282 g/mol. The van der Waals surface area contributed by atoms with E-state index in [0.717, 1.165) is 42.9 Å². The van der Waals surface area contributed by atoms with Crippen LogP contribution in [0.3, 0.4) is 0 Å². The van der Waals surface area contributed by atoms with Gasteiger partial charge in [-0.3, -0.25) is 9.69 Å². The van der Waals surface area contributed by atoms with E-state index in [1.807, 2.05) is 23.1 Å². The first kappa shape index (κ1) is 14.9. The number of hydrogen-bond donors (Lipinski definition) is 1. The lowest BCUT2D eigenvalue weighted by atomic mass is 10.0. The maximum atomic E-state index is 11.3. The molecule has 110 valence electrons. The van der Waals surface area contributed by atoms with Crippen LogP contribution in [0.4, 0.5) is 0 Å². The summed E-state index contributed by atoms with van der Waals surface area (Å²) in [7, 11) is 0. The van der Waals surface area contributed by atoms with Crippen molar-refractivity contribution in [3.63, 3.8) is 0 Å². The Morgan fingerprint density at radius 1 is 1.35 bits per heavy atom. The van der Waals surface area contributed by atoms with E-state index in [-0.39, 0.29) is 25.2 Å². The largest absolute Gasteiger partial charge is 0.480 e. The van der Waals surface area contributed by atoms with Gasteiger partial charge >= 0.3 is 5.97 Å². The number of carboxylic acid groups (broad SMARTS) is 1. The first-order valence-electron chi connectivity index (χ1n) is 6.60. The maximum absolute atomic E-state index is 11.3. The molecule has 2 aliphatic rings. The molecule has 1 saturated heterocycles. The third-order valence-corrected chi connectivity index (χ3v) is 3.75. The highest BCUT2D eigenvalue weighted by atomic mass is 35.5. The number of carboxylic acids is 1. The van der Waals surface area contributed by atoms with Gasteiger partial charge in [-0.15, -0.1) is 12.4 Å². The van der Waals surface area contributed by atoms with Crippen molar-refractivity contribution in [3.8, 4) is 11.5 Å². The van der Waals surface area contributed by atoms with Crippen LogP contribution in [0.2, 0.25) is 0 Å². The van der Waals surface area contributed by atoms with E-state index in [9.17, 15) is 9.90 Å². The molecule has 0 amide bonds. The van der Waals surface area contributed by atoms with Crippen LogP contribution < -0.4 is 9.47 Å². The van der Waals surface area contributed by atoms with Crippen LogP contribution in [0.15, 0.2) is 18.2 Å². The Balaban J connectivity index is 0.00000147. The van der Waals surface area contributed by atoms with E-state index in [0.29, 0.717) is 6.54 Å². The molecule has 0 unspecified atom stereocenters. The zero-order valence-electron chi connectivity index (χ0n) is 11.1. The molecule has 1 fully saturated rings. The molecule has 3 rings (SSSR count). The number of nitrogens with zero attached hydrogens (tertiary/aromatic N) is 1. The van der Waals surface area contributed by atoms with Gasteiger partial charge in [-0.05, 0) is 25.5 Å². The lowest BCUT2D eigenvalue weighted by Gasteiger charge is -2.33. The fraction of sp³-hybridized carbons (Fsp3) is 0.500. The molecule has 20 heavy (non-hydrogen) atoms. The Hall–Kier alpha value is -1.46. The van der Waals surface area contributed by atoms with Crippen molar-refractivity contribution < 1.29 is 19.4 Å². The topological polar surface area (TPSA) is 59.0 Å². The Kier molecular flexibility index (Phi) is 4.73. The molecule has 2 heterocycles. The van der Waals surface area contributed by atoms with E-state index in [4.69, 9.17) is 9.47 Å². The van der Waals surface area contributed by atoms with E-state index in [2.05, 4.69) is 0 Å². The predicted molar refractivity (Wildman–Crippen MR) is 75.5 cm³/mol. The van der Waals surface area contributed by atoms with Gasteiger partial charge in [0, 0.05) is 12.1 Å². The molecule has 1 atom stereocenters. The number of benzene rings is 1. The molecule has 5 nitrogen and oxygen atoms in total. The number of halogens is 1. The number of ether oxygens (including phenoxy) is 2. The first-order chi connectivity index (χ1) is 9.25. The zero-order chi connectivity index (χ0) is 13.2. The molecule has 0 spiro atoms. The van der Waals surface area contributed by atoms with Gasteiger partial charge in [-0.25, -0.2) is 0 Å². The lowest BCUT2D eigenvalue weighted by Crippen LogP contribution is -2.44. The molecule has 1 aromatic carbocycles. The number of piperidine rings is 1. The van der Waals surface area contributed by atoms with E-state index >= 15 is 0 Å². The molecule has 0 aromatic heterocycles. The van der Waals surface area contributed by atoms with Crippen molar-refractivity contribution >= 4 is 18.4 Å². The fourth-order valence-corrected chi connectivity index (χ4v) is 2.79. The first-order valence-corrected chi connectivity index (χ1v) is 6.60. The Morgan fingerprint density at radius 3 is 3.00 bits per heavy atom. The van der Waals surface area contributed by atoms with Crippen molar-refractivity contribution in [1.29, 1.82) is 0 Å². The molecule has 0 saturated carbocycles. The van der Waals surface area contributed by atoms with Gasteiger partial charge in [-0.1, -0.05) is 18.6 Å². The van der Waals surface area contributed by atoms with Crippen LogP contribution in [-0.2, 0) is 11.3 Å². The summed E-state index contributed by atoms with van der Waals surface area (Å²) in [5.74, 6) is 0.781. The summed E-state index contributed by atoms with van der Waals surface area (Å²) in [6.07, 6.45) is 2.76. The third kappa shape index (κ3) is 2.83. The van der Waals surface area contributed by atoms with Crippen LogP contribution in [0.25, 0.3) is 0 Å². The molecule has 0 radical (unpaired) electrons. The fourth-order valence-electron chi connectivity index (χ4n) is 2.79. The zero-order valence-corrected chi connectivity index (χ0v) is 11.9. The van der Waals surface area contributed by atoms with Crippen molar-refractivity contribution in [1.82, 2.24) is 4.90 Å². The van der Waals surface area contributed by atoms with Crippen molar-refractivity contribution in [2.75, 3.05) is 13.3 Å². The summed E-state index contributed by atoms with van der Waals surface area (Å²) in [5.41, 5.74) is 1.00. The Morgan fingerprint density at radius 2 is 2.20 bits per heavy atom. The number of rotatable bonds is 3. The summed E-state index contributed by atoms with van der Waals surface area (Å²) >= 11 is 0. The number of aliphatic carboxylic acids is 1. The van der Waals surface area contributed by atoms with Gasteiger partial charge in [0.1, 0.15) is 6.04 Å². The quantitative estimate of drug-likeness (QED) is 0.928. The van der Waals surface area contributed by atoms with Crippen LogP contribution in [0.1, 0.15) is 24.8 Å². The Labute approximate surface area is 123 Å². The third-order valence-electron chi connectivity index (χ3n) is 3.75. The highest BCUT2D eigenvalue weighted by Gasteiger charge is 2.29. The number of likely N-dealkylation sites (tertiary alicyclic amines) is 1. The lowest BCUT2D eigenvalue weighted by molar-refractivity contribution is -0.144. The summed E-state index contributed by atoms with van der Waals surface area (Å²) in [6, 6.07) is 5.38. The second-order valence-corrected chi connectivity index (χ2v) is 4.97. The van der Waals surface area contributed by atoms with Gasteiger partial charge in [0.05, 0.1) is 0 Å². The standard InChI is InChI=1S/C14H17NO4.ClH/c16-14(17)11-5-1-2-7-15(11)8-10-4-3-6-12-13(10)19-9-18-12;/h3-4,6,11H,1-2,5,7-9H2,(H,16,17);1H/t11-;/m1./s1. The molecular formula is C14H18ClNO4. The average Bonchev–Trinajstić information content (AvgIpc) is 2.88. The number of carbonyl (C=O) groups is 1. The summed E-state index contributed by atoms with van der Waals surface area (Å²) < 4.78 is 10.8. The van der Waals surface area contributed by atoms with E-state index in [1.165, 1.54) is 0 Å². The van der Waals surface area contributed by atoms with Gasteiger partial charge in [0.15, 0.2) is 11.5 Å². The van der Waals surface area contributed by atoms with E-state index < -0.39 is 5.97 Å². The number of hydrogen-bond acceptors (Lipinski definition) is 4. The van der Waals surface area contributed by atoms with Crippen LogP contribution in [0, 0.1) is 0 Å². The summed E-state index contributed by atoms with van der Waals surface area (Å²) in [5, 5.41) is 9.28. The van der Waals surface area contributed by atoms with Crippen molar-refractivity contribution in [3.05, 3.63) is 23.8 Å². The predicted octanol–water partition coefficient (Wildman–Crippen LogP) is 2.28. The number of para-hydroxylation sites is 1. The van der Waals surface area contributed by atoms with Gasteiger partial charge in [0.2, 0.25) is 6.79 Å². The molecule has 0 aliphatic carbocycles. The SMILES string of the molecule is Cl.O=C(O)[C@H]1CCCCN1Cc1cccc2c1OCO2. The molecule has 1 aromatic rings. The highest BCUT2D eigenvalue weighted by molar-refractivity contribution is 5.85. The molecule has 6 heteroatoms. The smallest absolute Gasteiger partial charge is 0.320 e. The van der Waals surface area contributed by atoms with Gasteiger partial charge in [-0.2, -0.15) is 0 Å². The van der Waals surface area contributed by atoms with Gasteiger partial charge < -0.3 is 14.6 Å². The highest BCUT2D eigenvalue weighted by Crippen LogP contribution is 2.36. The normalized spacial score (nSPS) is 21.3. The Bertz CT molecular complexity index is 494. The van der Waals surface area contributed by atoms with Crippen LogP contribution >= 0.6 is 12.4 Å². The molecule has 1 N–H and O–H groups in total. The molecule has 0 bridgehead atoms. The molecule has 2 aliphatic heterocycles. The minimum absolute atomic E-state index is 0. The van der Waals surface area contributed by atoms with Crippen molar-refractivity contribution in [2.45, 2.75) is 31.8 Å². The van der Waals surface area contributed by atoms with E-state index in [1.54, 1.807) is 0 Å². The minimum atomic E-state index is -0.732. The number of fused-ring (bicyclic) bond motifs is 1. The van der Waals surface area contributed by atoms with Crippen LogP contribution in [0.5, 0.6) is 11.5 Å².